The fourth-order valence-corrected chi connectivity index (χ4v) is 2.19. The number of aryl methyl sites for hydroxylation is 1. The SMILES string of the molecule is Cc1cc(C(C)(C)C(N)=O)cc2c1OPO2. The van der Waals surface area contributed by atoms with Crippen LogP contribution in [-0.4, -0.2) is 5.91 Å². The summed E-state index contributed by atoms with van der Waals surface area (Å²) in [4.78, 5) is 11.4. The fourth-order valence-electron chi connectivity index (χ4n) is 1.56. The van der Waals surface area contributed by atoms with Crippen molar-refractivity contribution in [2.75, 3.05) is 0 Å². The number of carbonyl (C=O) groups excluding carboxylic acids is 1. The predicted molar refractivity (Wildman–Crippen MR) is 63.0 cm³/mol. The van der Waals surface area contributed by atoms with Crippen LogP contribution < -0.4 is 14.8 Å². The molecule has 5 heteroatoms. The maximum absolute atomic E-state index is 11.4. The zero-order valence-electron chi connectivity index (χ0n) is 9.46. The van der Waals surface area contributed by atoms with E-state index in [9.17, 15) is 4.79 Å². The topological polar surface area (TPSA) is 61.6 Å². The van der Waals surface area contributed by atoms with Gasteiger partial charge in [0.2, 0.25) is 5.91 Å². The lowest BCUT2D eigenvalue weighted by Gasteiger charge is -2.21. The first-order chi connectivity index (χ1) is 7.43. The molecular formula is C11H14NO3P. The quantitative estimate of drug-likeness (QED) is 0.803. The molecule has 1 atom stereocenters. The van der Waals surface area contributed by atoms with Crippen LogP contribution in [-0.2, 0) is 10.2 Å². The molecule has 2 N–H and O–H groups in total. The summed E-state index contributed by atoms with van der Waals surface area (Å²) in [6.45, 7) is 5.53. The Bertz CT molecular complexity index is 457. The van der Waals surface area contributed by atoms with Crippen LogP contribution in [0.3, 0.4) is 0 Å². The van der Waals surface area contributed by atoms with E-state index in [0.29, 0.717) is 5.75 Å². The van der Waals surface area contributed by atoms with Crippen LogP contribution in [0.25, 0.3) is 0 Å². The third-order valence-corrected chi connectivity index (χ3v) is 3.46. The van der Waals surface area contributed by atoms with E-state index < -0.39 is 5.41 Å². The van der Waals surface area contributed by atoms with Gasteiger partial charge < -0.3 is 14.8 Å². The molecule has 0 aromatic heterocycles. The lowest BCUT2D eigenvalue weighted by Crippen LogP contribution is -2.35. The minimum atomic E-state index is -0.700. The number of primary amides is 1. The average Bonchev–Trinajstić information content (AvgIpc) is 2.65. The average molecular weight is 239 g/mol. The van der Waals surface area contributed by atoms with Gasteiger partial charge in [-0.3, -0.25) is 4.79 Å². The summed E-state index contributed by atoms with van der Waals surface area (Å²) in [6, 6.07) is 3.75. The molecule has 86 valence electrons. The third kappa shape index (κ3) is 1.63. The van der Waals surface area contributed by atoms with Crippen molar-refractivity contribution in [1.29, 1.82) is 0 Å². The maximum Gasteiger partial charge on any atom is 0.275 e. The van der Waals surface area contributed by atoms with E-state index in [0.717, 1.165) is 16.9 Å². The van der Waals surface area contributed by atoms with Crippen molar-refractivity contribution < 1.29 is 13.8 Å². The molecule has 0 aliphatic carbocycles. The molecule has 1 amide bonds. The van der Waals surface area contributed by atoms with Crippen LogP contribution in [0.2, 0.25) is 0 Å². The Morgan fingerprint density at radius 1 is 1.38 bits per heavy atom. The summed E-state index contributed by atoms with van der Waals surface area (Å²) in [5, 5.41) is 0. The van der Waals surface area contributed by atoms with Crippen LogP contribution in [0.5, 0.6) is 11.5 Å². The number of hydrogen-bond donors (Lipinski definition) is 1. The van der Waals surface area contributed by atoms with Crippen LogP contribution >= 0.6 is 9.03 Å². The van der Waals surface area contributed by atoms with E-state index in [1.165, 1.54) is 0 Å². The van der Waals surface area contributed by atoms with Crippen molar-refractivity contribution >= 4 is 14.9 Å². The number of carbonyl (C=O) groups is 1. The molecule has 16 heavy (non-hydrogen) atoms. The van der Waals surface area contributed by atoms with E-state index in [2.05, 4.69) is 0 Å². The summed E-state index contributed by atoms with van der Waals surface area (Å²) in [6.07, 6.45) is 0. The summed E-state index contributed by atoms with van der Waals surface area (Å²) in [5.41, 5.74) is 6.51. The maximum atomic E-state index is 11.4. The first-order valence-electron chi connectivity index (χ1n) is 4.96. The molecule has 4 nitrogen and oxygen atoms in total. The molecule has 0 saturated heterocycles. The van der Waals surface area contributed by atoms with Crippen molar-refractivity contribution in [2.24, 2.45) is 5.73 Å². The number of rotatable bonds is 2. The Balaban J connectivity index is 2.52. The van der Waals surface area contributed by atoms with Gasteiger partial charge in [-0.2, -0.15) is 0 Å². The van der Waals surface area contributed by atoms with Crippen LogP contribution in [0, 0.1) is 6.92 Å². The molecule has 2 rings (SSSR count). The second-order valence-electron chi connectivity index (χ2n) is 4.40. The fraction of sp³-hybridized carbons (Fsp3) is 0.364. The number of amides is 1. The highest BCUT2D eigenvalue weighted by Gasteiger charge is 2.30. The van der Waals surface area contributed by atoms with Gasteiger partial charge in [0.25, 0.3) is 9.03 Å². The smallest absolute Gasteiger partial charge is 0.275 e. The molecule has 0 fully saturated rings. The van der Waals surface area contributed by atoms with E-state index in [1.807, 2.05) is 19.1 Å². The molecule has 0 bridgehead atoms. The van der Waals surface area contributed by atoms with Gasteiger partial charge in [-0.25, -0.2) is 0 Å². The highest BCUT2D eigenvalue weighted by Crippen LogP contribution is 2.46. The zero-order valence-corrected chi connectivity index (χ0v) is 10.5. The van der Waals surface area contributed by atoms with Crippen molar-refractivity contribution in [3.8, 4) is 11.5 Å². The van der Waals surface area contributed by atoms with Gasteiger partial charge in [0, 0.05) is 0 Å². The lowest BCUT2D eigenvalue weighted by atomic mass is 9.83. The highest BCUT2D eigenvalue weighted by atomic mass is 31.1. The summed E-state index contributed by atoms with van der Waals surface area (Å²) in [7, 11) is 0.000823. The normalized spacial score (nSPS) is 15.4. The standard InChI is InChI=1S/C11H14NO3P/c1-6-4-7(11(2,3)10(12)13)5-8-9(6)15-16-14-8/h4-5,16H,1-3H3,(H2,12,13). The van der Waals surface area contributed by atoms with Crippen LogP contribution in [0.4, 0.5) is 0 Å². The Morgan fingerprint density at radius 2 is 2.06 bits per heavy atom. The second kappa shape index (κ2) is 3.63. The monoisotopic (exact) mass is 239 g/mol. The first kappa shape index (κ1) is 11.2. The van der Waals surface area contributed by atoms with Gasteiger partial charge >= 0.3 is 0 Å². The van der Waals surface area contributed by atoms with Crippen molar-refractivity contribution in [3.05, 3.63) is 23.3 Å². The van der Waals surface area contributed by atoms with Gasteiger partial charge in [0.05, 0.1) is 5.41 Å². The molecule has 1 aliphatic rings. The molecular weight excluding hydrogens is 225 g/mol. The molecule has 1 aromatic rings. The molecule has 1 heterocycles. The van der Waals surface area contributed by atoms with Crippen molar-refractivity contribution in [1.82, 2.24) is 0 Å². The Labute approximate surface area is 96.1 Å². The Hall–Kier alpha value is -1.28. The zero-order chi connectivity index (χ0) is 11.9. The Morgan fingerprint density at radius 3 is 2.69 bits per heavy atom. The van der Waals surface area contributed by atoms with Crippen LogP contribution in [0.1, 0.15) is 25.0 Å². The minimum absolute atomic E-state index is 0.000823. The largest absolute Gasteiger partial charge is 0.437 e. The predicted octanol–water partition coefficient (Wildman–Crippen LogP) is 2.04. The third-order valence-electron chi connectivity index (χ3n) is 2.87. The van der Waals surface area contributed by atoms with Gasteiger partial charge in [0.1, 0.15) is 0 Å². The summed E-state index contributed by atoms with van der Waals surface area (Å²) >= 11 is 0. The van der Waals surface area contributed by atoms with Gasteiger partial charge in [0.15, 0.2) is 11.5 Å². The number of nitrogens with two attached hydrogens (primary N) is 1. The first-order valence-corrected chi connectivity index (χ1v) is 5.78. The summed E-state index contributed by atoms with van der Waals surface area (Å²) in [5.74, 6) is 1.11. The van der Waals surface area contributed by atoms with E-state index in [-0.39, 0.29) is 14.9 Å². The second-order valence-corrected chi connectivity index (χ2v) is 4.97. The van der Waals surface area contributed by atoms with Gasteiger partial charge in [-0.05, 0) is 38.0 Å². The molecule has 0 saturated carbocycles. The summed E-state index contributed by atoms with van der Waals surface area (Å²) < 4.78 is 10.7. The van der Waals surface area contributed by atoms with Gasteiger partial charge in [-0.15, -0.1) is 0 Å². The molecule has 1 unspecified atom stereocenters. The lowest BCUT2D eigenvalue weighted by molar-refractivity contribution is -0.122. The van der Waals surface area contributed by atoms with E-state index >= 15 is 0 Å². The number of hydrogen-bond acceptors (Lipinski definition) is 3. The van der Waals surface area contributed by atoms with E-state index in [4.69, 9.17) is 14.8 Å². The van der Waals surface area contributed by atoms with Crippen molar-refractivity contribution in [3.63, 3.8) is 0 Å². The number of benzene rings is 1. The van der Waals surface area contributed by atoms with Crippen molar-refractivity contribution in [2.45, 2.75) is 26.2 Å². The molecule has 0 radical (unpaired) electrons. The Kier molecular flexibility index (Phi) is 2.55. The minimum Gasteiger partial charge on any atom is -0.437 e. The molecule has 1 aliphatic heterocycles. The van der Waals surface area contributed by atoms with Crippen LogP contribution in [0.15, 0.2) is 12.1 Å². The highest BCUT2D eigenvalue weighted by molar-refractivity contribution is 7.27. The van der Waals surface area contributed by atoms with E-state index in [1.54, 1.807) is 13.8 Å². The van der Waals surface area contributed by atoms with Gasteiger partial charge in [-0.1, -0.05) is 6.07 Å². The number of fused-ring (bicyclic) bond motifs is 1. The molecule has 1 aromatic carbocycles. The molecule has 0 spiro atoms.